The van der Waals surface area contributed by atoms with Crippen molar-refractivity contribution in [2.24, 2.45) is 5.92 Å². The molecule has 3 aromatic rings. The van der Waals surface area contributed by atoms with E-state index in [2.05, 4.69) is 27.8 Å². The Bertz CT molecular complexity index is 1050. The smallest absolute Gasteiger partial charge is 0.251 e. The van der Waals surface area contributed by atoms with Gasteiger partial charge in [0.25, 0.3) is 5.91 Å². The maximum atomic E-state index is 13.1. The van der Waals surface area contributed by atoms with Gasteiger partial charge in [-0.2, -0.15) is 0 Å². The minimum absolute atomic E-state index is 0.0386. The Morgan fingerprint density at radius 2 is 1.68 bits per heavy atom. The first kappa shape index (κ1) is 25.6. The van der Waals surface area contributed by atoms with Gasteiger partial charge in [-0.15, -0.1) is 10.2 Å². The predicted octanol–water partition coefficient (Wildman–Crippen LogP) is 6.11. The number of hydrogen-bond donors (Lipinski definition) is 2. The standard InChI is InChI=1S/C27H34N4O2S/c1-4-6-7-9-12-20-15-17-21(18-16-20)24(32)28-23(19(3)5-2)25(33)29-27-31-30-26(34-27)22-13-10-8-11-14-22/h8,10-11,13-19,23H,4-7,9,12H2,1-3H3,(H,28,32)(H,29,31,33)/t19-,23+/m1/s1. The summed E-state index contributed by atoms with van der Waals surface area (Å²) in [6.07, 6.45) is 6.63. The van der Waals surface area contributed by atoms with E-state index in [1.807, 2.05) is 68.4 Å². The van der Waals surface area contributed by atoms with Crippen LogP contribution in [0.4, 0.5) is 5.13 Å². The van der Waals surface area contributed by atoms with Crippen molar-refractivity contribution >= 4 is 28.3 Å². The van der Waals surface area contributed by atoms with E-state index in [1.165, 1.54) is 36.2 Å². The van der Waals surface area contributed by atoms with E-state index >= 15 is 0 Å². The van der Waals surface area contributed by atoms with Crippen molar-refractivity contribution < 1.29 is 9.59 Å². The van der Waals surface area contributed by atoms with Gasteiger partial charge in [0.2, 0.25) is 11.0 Å². The number of nitrogens with zero attached hydrogens (tertiary/aromatic N) is 2. The van der Waals surface area contributed by atoms with Crippen molar-refractivity contribution in [2.45, 2.75) is 65.3 Å². The van der Waals surface area contributed by atoms with Gasteiger partial charge in [0.15, 0.2) is 0 Å². The lowest BCUT2D eigenvalue weighted by molar-refractivity contribution is -0.119. The highest BCUT2D eigenvalue weighted by Crippen LogP contribution is 2.26. The fourth-order valence-corrected chi connectivity index (χ4v) is 4.41. The number of unbranched alkanes of at least 4 members (excludes halogenated alkanes) is 3. The SMILES string of the molecule is CCCCCCc1ccc(C(=O)N[C@H](C(=O)Nc2nnc(-c3ccccc3)s2)[C@H](C)CC)cc1. The average Bonchev–Trinajstić information content (AvgIpc) is 3.34. The van der Waals surface area contributed by atoms with Gasteiger partial charge >= 0.3 is 0 Å². The second-order valence-electron chi connectivity index (χ2n) is 8.61. The third-order valence-corrected chi connectivity index (χ3v) is 6.88. The Morgan fingerprint density at radius 3 is 2.35 bits per heavy atom. The van der Waals surface area contributed by atoms with Crippen molar-refractivity contribution in [3.8, 4) is 10.6 Å². The van der Waals surface area contributed by atoms with Crippen LogP contribution in [0.15, 0.2) is 54.6 Å². The average molecular weight is 479 g/mol. The van der Waals surface area contributed by atoms with E-state index in [4.69, 9.17) is 0 Å². The molecule has 1 heterocycles. The van der Waals surface area contributed by atoms with Crippen molar-refractivity contribution in [2.75, 3.05) is 5.32 Å². The summed E-state index contributed by atoms with van der Waals surface area (Å²) in [5.41, 5.74) is 2.73. The number of carbonyl (C=O) groups excluding carboxylic acids is 2. The maximum absolute atomic E-state index is 13.1. The van der Waals surface area contributed by atoms with Gasteiger partial charge in [0.05, 0.1) is 0 Å². The number of aryl methyl sites for hydroxylation is 1. The summed E-state index contributed by atoms with van der Waals surface area (Å²) in [6.45, 7) is 6.17. The van der Waals surface area contributed by atoms with E-state index in [-0.39, 0.29) is 17.7 Å². The van der Waals surface area contributed by atoms with Crippen LogP contribution < -0.4 is 10.6 Å². The minimum atomic E-state index is -0.671. The van der Waals surface area contributed by atoms with Gasteiger partial charge in [-0.05, 0) is 36.5 Å². The minimum Gasteiger partial charge on any atom is -0.340 e. The molecule has 0 fully saturated rings. The Morgan fingerprint density at radius 1 is 0.941 bits per heavy atom. The fraction of sp³-hybridized carbons (Fsp3) is 0.407. The van der Waals surface area contributed by atoms with Gasteiger partial charge in [-0.3, -0.25) is 14.9 Å². The molecule has 7 heteroatoms. The van der Waals surface area contributed by atoms with Crippen LogP contribution in [0.3, 0.4) is 0 Å². The first-order valence-corrected chi connectivity index (χ1v) is 12.9. The molecule has 0 radical (unpaired) electrons. The Labute approximate surface area is 206 Å². The van der Waals surface area contributed by atoms with Gasteiger partial charge in [0, 0.05) is 11.1 Å². The monoisotopic (exact) mass is 478 g/mol. The largest absolute Gasteiger partial charge is 0.340 e. The molecule has 3 rings (SSSR count). The van der Waals surface area contributed by atoms with E-state index < -0.39 is 6.04 Å². The lowest BCUT2D eigenvalue weighted by Gasteiger charge is -2.23. The van der Waals surface area contributed by atoms with Crippen LogP contribution in [0.25, 0.3) is 10.6 Å². The third-order valence-electron chi connectivity index (χ3n) is 5.99. The first-order chi connectivity index (χ1) is 16.5. The number of aromatic nitrogens is 2. The lowest BCUT2D eigenvalue weighted by Crippen LogP contribution is -2.47. The molecule has 0 aliphatic rings. The Balaban J connectivity index is 1.62. The number of amides is 2. The highest BCUT2D eigenvalue weighted by Gasteiger charge is 2.27. The maximum Gasteiger partial charge on any atom is 0.251 e. The summed E-state index contributed by atoms with van der Waals surface area (Å²) in [5, 5.41) is 15.2. The van der Waals surface area contributed by atoms with E-state index in [1.54, 1.807) is 0 Å². The molecular weight excluding hydrogens is 444 g/mol. The molecule has 2 atom stereocenters. The normalized spacial score (nSPS) is 12.7. The molecule has 2 N–H and O–H groups in total. The van der Waals surface area contributed by atoms with Crippen LogP contribution in [-0.4, -0.2) is 28.1 Å². The van der Waals surface area contributed by atoms with E-state index in [0.717, 1.165) is 29.8 Å². The number of anilines is 1. The lowest BCUT2D eigenvalue weighted by atomic mass is 9.97. The van der Waals surface area contributed by atoms with Gasteiger partial charge in [0.1, 0.15) is 11.0 Å². The molecule has 0 saturated carbocycles. The number of nitrogens with one attached hydrogen (secondary N) is 2. The van der Waals surface area contributed by atoms with Crippen LogP contribution in [0.5, 0.6) is 0 Å². The van der Waals surface area contributed by atoms with Crippen LogP contribution in [0.2, 0.25) is 0 Å². The molecule has 34 heavy (non-hydrogen) atoms. The second-order valence-corrected chi connectivity index (χ2v) is 9.59. The molecule has 0 bridgehead atoms. The summed E-state index contributed by atoms with van der Waals surface area (Å²) in [7, 11) is 0. The number of rotatable bonds is 12. The van der Waals surface area contributed by atoms with E-state index in [0.29, 0.717) is 10.7 Å². The highest BCUT2D eigenvalue weighted by molar-refractivity contribution is 7.18. The molecule has 6 nitrogen and oxygen atoms in total. The molecule has 0 unspecified atom stereocenters. The molecular formula is C27H34N4O2S. The molecule has 0 spiro atoms. The fourth-order valence-electron chi connectivity index (χ4n) is 3.66. The summed E-state index contributed by atoms with van der Waals surface area (Å²) in [6, 6.07) is 16.7. The second kappa shape index (κ2) is 13.0. The van der Waals surface area contributed by atoms with Crippen molar-refractivity contribution in [1.29, 1.82) is 0 Å². The number of benzene rings is 2. The van der Waals surface area contributed by atoms with Crippen LogP contribution in [-0.2, 0) is 11.2 Å². The zero-order chi connectivity index (χ0) is 24.3. The van der Waals surface area contributed by atoms with Crippen LogP contribution in [0, 0.1) is 5.92 Å². The quantitative estimate of drug-likeness (QED) is 0.308. The molecule has 180 valence electrons. The summed E-state index contributed by atoms with van der Waals surface area (Å²) in [4.78, 5) is 26.0. The van der Waals surface area contributed by atoms with Gasteiger partial charge in [-0.25, -0.2) is 0 Å². The van der Waals surface area contributed by atoms with Crippen molar-refractivity contribution in [1.82, 2.24) is 15.5 Å². The molecule has 0 saturated heterocycles. The number of carbonyl (C=O) groups is 2. The van der Waals surface area contributed by atoms with Gasteiger partial charge in [-0.1, -0.05) is 100 Å². The van der Waals surface area contributed by atoms with Crippen LogP contribution in [0.1, 0.15) is 68.8 Å². The molecule has 1 aromatic heterocycles. The topological polar surface area (TPSA) is 84.0 Å². The molecule has 0 aliphatic carbocycles. The first-order valence-electron chi connectivity index (χ1n) is 12.1. The van der Waals surface area contributed by atoms with E-state index in [9.17, 15) is 9.59 Å². The molecule has 0 aliphatic heterocycles. The van der Waals surface area contributed by atoms with Crippen molar-refractivity contribution in [3.05, 3.63) is 65.7 Å². The zero-order valence-electron chi connectivity index (χ0n) is 20.2. The summed E-state index contributed by atoms with van der Waals surface area (Å²) in [5.74, 6) is -0.575. The molecule has 2 aromatic carbocycles. The predicted molar refractivity (Wildman–Crippen MR) is 139 cm³/mol. The molecule has 2 amide bonds. The summed E-state index contributed by atoms with van der Waals surface area (Å²) >= 11 is 1.31. The van der Waals surface area contributed by atoms with Gasteiger partial charge < -0.3 is 5.32 Å². The Hall–Kier alpha value is -3.06. The zero-order valence-corrected chi connectivity index (χ0v) is 21.0. The van der Waals surface area contributed by atoms with Crippen molar-refractivity contribution in [3.63, 3.8) is 0 Å². The van der Waals surface area contributed by atoms with Crippen LogP contribution >= 0.6 is 11.3 Å². The third kappa shape index (κ3) is 7.22. The number of hydrogen-bond acceptors (Lipinski definition) is 5. The highest BCUT2D eigenvalue weighted by atomic mass is 32.1. The summed E-state index contributed by atoms with van der Waals surface area (Å²) < 4.78 is 0. The Kier molecular flexibility index (Phi) is 9.76.